The van der Waals surface area contributed by atoms with Crippen LogP contribution in [0.15, 0.2) is 29.2 Å². The highest BCUT2D eigenvalue weighted by Gasteiger charge is 2.39. The molecule has 0 saturated carbocycles. The molecule has 1 N–H and O–H groups in total. The van der Waals surface area contributed by atoms with Gasteiger partial charge in [0.2, 0.25) is 0 Å². The molecular formula is C23H29N3O6S. The first kappa shape index (κ1) is 23.4. The van der Waals surface area contributed by atoms with E-state index in [9.17, 15) is 18.0 Å². The minimum absolute atomic E-state index is 0.0481. The maximum absolute atomic E-state index is 12.9. The molecule has 1 aromatic carbocycles. The van der Waals surface area contributed by atoms with E-state index in [1.54, 1.807) is 4.68 Å². The van der Waals surface area contributed by atoms with Gasteiger partial charge in [-0.05, 0) is 55.9 Å². The molecule has 3 heterocycles. The number of amides is 1. The van der Waals surface area contributed by atoms with Gasteiger partial charge < -0.3 is 14.8 Å². The predicted molar refractivity (Wildman–Crippen MR) is 120 cm³/mol. The van der Waals surface area contributed by atoms with Gasteiger partial charge in [0.15, 0.2) is 9.84 Å². The Labute approximate surface area is 193 Å². The summed E-state index contributed by atoms with van der Waals surface area (Å²) < 4.78 is 35.9. The van der Waals surface area contributed by atoms with Crippen LogP contribution >= 0.6 is 0 Å². The number of aryl methyl sites for hydroxylation is 1. The summed E-state index contributed by atoms with van der Waals surface area (Å²) in [4.78, 5) is 25.4. The molecular weight excluding hydrogens is 446 g/mol. The lowest BCUT2D eigenvalue weighted by molar-refractivity contribution is 0.0160. The molecule has 0 atom stereocenters. The molecule has 2 aliphatic heterocycles. The van der Waals surface area contributed by atoms with Crippen molar-refractivity contribution in [3.05, 3.63) is 46.8 Å². The van der Waals surface area contributed by atoms with Crippen LogP contribution in [0.2, 0.25) is 0 Å². The van der Waals surface area contributed by atoms with Crippen LogP contribution in [-0.4, -0.2) is 62.7 Å². The van der Waals surface area contributed by atoms with Crippen molar-refractivity contribution >= 4 is 21.7 Å². The van der Waals surface area contributed by atoms with E-state index in [4.69, 9.17) is 9.47 Å². The van der Waals surface area contributed by atoms with Gasteiger partial charge in [0.25, 0.3) is 5.91 Å². The average Bonchev–Trinajstić information content (AvgIpc) is 3.07. The van der Waals surface area contributed by atoms with E-state index in [1.807, 2.05) is 6.92 Å². The summed E-state index contributed by atoms with van der Waals surface area (Å²) in [5.74, 6) is -0.647. The number of hydrogen-bond donors (Lipinski definition) is 1. The maximum atomic E-state index is 12.9. The van der Waals surface area contributed by atoms with E-state index in [1.165, 1.54) is 24.3 Å². The van der Waals surface area contributed by atoms with Gasteiger partial charge >= 0.3 is 5.97 Å². The number of carbonyl (C=O) groups is 2. The second-order valence-corrected chi connectivity index (χ2v) is 10.8. The highest BCUT2D eigenvalue weighted by molar-refractivity contribution is 7.90. The molecule has 0 bridgehead atoms. The molecule has 33 heavy (non-hydrogen) atoms. The summed E-state index contributed by atoms with van der Waals surface area (Å²) in [5.41, 5.74) is 2.53. The summed E-state index contributed by atoms with van der Waals surface area (Å²) in [5, 5.41) is 7.73. The van der Waals surface area contributed by atoms with Crippen LogP contribution in [0, 0.1) is 5.41 Å². The van der Waals surface area contributed by atoms with Gasteiger partial charge in [-0.25, -0.2) is 13.2 Å². The summed E-state index contributed by atoms with van der Waals surface area (Å²) in [6, 6.07) is 5.66. The van der Waals surface area contributed by atoms with Crippen LogP contribution in [0.1, 0.15) is 51.9 Å². The SMILES string of the molecule is CCn1nc(CCOC(=O)c2ccc(S(C)(=O)=O)cc2)c2c1C(=O)NCC1(CCOCC1)C2. The molecule has 1 spiro atoms. The Morgan fingerprint density at radius 2 is 1.94 bits per heavy atom. The number of ether oxygens (including phenoxy) is 2. The van der Waals surface area contributed by atoms with Crippen LogP contribution < -0.4 is 5.32 Å². The van der Waals surface area contributed by atoms with Crippen LogP contribution in [-0.2, 0) is 38.7 Å². The molecule has 0 radical (unpaired) electrons. The van der Waals surface area contributed by atoms with Crippen molar-refractivity contribution in [3.8, 4) is 0 Å². The fourth-order valence-electron chi connectivity index (χ4n) is 4.53. The first-order valence-corrected chi connectivity index (χ1v) is 13.0. The van der Waals surface area contributed by atoms with Gasteiger partial charge in [-0.2, -0.15) is 5.10 Å². The summed E-state index contributed by atoms with van der Waals surface area (Å²) in [6.45, 7) is 4.59. The van der Waals surface area contributed by atoms with Crippen molar-refractivity contribution in [2.45, 2.75) is 44.0 Å². The van der Waals surface area contributed by atoms with Crippen molar-refractivity contribution < 1.29 is 27.5 Å². The van der Waals surface area contributed by atoms with Crippen LogP contribution in [0.3, 0.4) is 0 Å². The lowest BCUT2D eigenvalue weighted by Crippen LogP contribution is -2.40. The molecule has 1 amide bonds. The number of nitrogens with one attached hydrogen (secondary N) is 1. The minimum atomic E-state index is -3.33. The van der Waals surface area contributed by atoms with Crippen molar-refractivity contribution in [1.29, 1.82) is 0 Å². The normalized spacial score (nSPS) is 17.8. The highest BCUT2D eigenvalue weighted by Crippen LogP contribution is 2.37. The van der Waals surface area contributed by atoms with Gasteiger partial charge in [0.05, 0.1) is 22.8 Å². The van der Waals surface area contributed by atoms with Crippen LogP contribution in [0.5, 0.6) is 0 Å². The zero-order valence-corrected chi connectivity index (χ0v) is 19.7. The van der Waals surface area contributed by atoms with Gasteiger partial charge in [-0.15, -0.1) is 0 Å². The minimum Gasteiger partial charge on any atom is -0.462 e. The third-order valence-electron chi connectivity index (χ3n) is 6.47. The van der Waals surface area contributed by atoms with Crippen molar-refractivity contribution in [1.82, 2.24) is 15.1 Å². The number of aromatic nitrogens is 2. The van der Waals surface area contributed by atoms with Gasteiger partial charge in [0.1, 0.15) is 5.69 Å². The van der Waals surface area contributed by atoms with E-state index < -0.39 is 15.8 Å². The van der Waals surface area contributed by atoms with E-state index in [-0.39, 0.29) is 28.4 Å². The van der Waals surface area contributed by atoms with Crippen LogP contribution in [0.25, 0.3) is 0 Å². The largest absolute Gasteiger partial charge is 0.462 e. The smallest absolute Gasteiger partial charge is 0.338 e. The fraction of sp³-hybridized carbons (Fsp3) is 0.522. The van der Waals surface area contributed by atoms with E-state index in [0.29, 0.717) is 38.4 Å². The number of esters is 1. The number of carbonyl (C=O) groups excluding carboxylic acids is 2. The molecule has 0 aliphatic carbocycles. The summed E-state index contributed by atoms with van der Waals surface area (Å²) >= 11 is 0. The quantitative estimate of drug-likeness (QED) is 0.633. The monoisotopic (exact) mass is 475 g/mol. The average molecular weight is 476 g/mol. The lowest BCUT2D eigenvalue weighted by atomic mass is 9.75. The van der Waals surface area contributed by atoms with Gasteiger partial charge in [-0.3, -0.25) is 9.48 Å². The Hall–Kier alpha value is -2.72. The van der Waals surface area contributed by atoms with Crippen molar-refractivity contribution in [3.63, 3.8) is 0 Å². The Bertz CT molecular complexity index is 1150. The first-order chi connectivity index (χ1) is 15.7. The third kappa shape index (κ3) is 4.96. The Kier molecular flexibility index (Phi) is 6.58. The number of nitrogens with zero attached hydrogens (tertiary/aromatic N) is 2. The molecule has 4 rings (SSSR count). The Balaban J connectivity index is 1.49. The molecule has 1 saturated heterocycles. The van der Waals surface area contributed by atoms with Crippen molar-refractivity contribution in [2.75, 3.05) is 32.6 Å². The molecule has 1 fully saturated rings. The molecule has 9 nitrogen and oxygen atoms in total. The Morgan fingerprint density at radius 3 is 2.58 bits per heavy atom. The standard InChI is InChI=1S/C23H29N3O6S/c1-3-26-20-18(14-23(15-24-21(20)27)9-12-31-13-10-23)19(25-26)8-11-32-22(28)16-4-6-17(7-5-16)33(2,29)30/h4-7H,3,8-15H2,1-2H3,(H,24,27). The second kappa shape index (κ2) is 9.26. The third-order valence-corrected chi connectivity index (χ3v) is 7.60. The number of hydrogen-bond acceptors (Lipinski definition) is 7. The number of rotatable bonds is 6. The fourth-order valence-corrected chi connectivity index (χ4v) is 5.16. The lowest BCUT2D eigenvalue weighted by Gasteiger charge is -2.36. The molecule has 0 unspecified atom stereocenters. The number of fused-ring (bicyclic) bond motifs is 1. The number of sulfone groups is 1. The predicted octanol–water partition coefficient (Wildman–Crippen LogP) is 1.79. The first-order valence-electron chi connectivity index (χ1n) is 11.1. The summed E-state index contributed by atoms with van der Waals surface area (Å²) in [7, 11) is -3.33. The highest BCUT2D eigenvalue weighted by atomic mass is 32.2. The van der Waals surface area contributed by atoms with Gasteiger partial charge in [0, 0.05) is 44.5 Å². The molecule has 2 aromatic rings. The maximum Gasteiger partial charge on any atom is 0.338 e. The molecule has 2 aliphatic rings. The van der Waals surface area contributed by atoms with Crippen molar-refractivity contribution in [2.24, 2.45) is 5.41 Å². The topological polar surface area (TPSA) is 117 Å². The Morgan fingerprint density at radius 1 is 1.24 bits per heavy atom. The molecule has 10 heteroatoms. The number of benzene rings is 1. The van der Waals surface area contributed by atoms with Gasteiger partial charge in [-0.1, -0.05) is 0 Å². The molecule has 1 aromatic heterocycles. The molecule has 178 valence electrons. The summed E-state index contributed by atoms with van der Waals surface area (Å²) in [6.07, 6.45) is 4.00. The van der Waals surface area contributed by atoms with Crippen LogP contribution in [0.4, 0.5) is 0 Å². The zero-order valence-electron chi connectivity index (χ0n) is 18.9. The second-order valence-electron chi connectivity index (χ2n) is 8.74. The van der Waals surface area contributed by atoms with E-state index >= 15 is 0 Å². The zero-order chi connectivity index (χ0) is 23.6. The van der Waals surface area contributed by atoms with E-state index in [2.05, 4.69) is 10.4 Å². The van der Waals surface area contributed by atoms with E-state index in [0.717, 1.165) is 36.8 Å².